The first-order valence-electron chi connectivity index (χ1n) is 8.13. The number of amides is 1. The van der Waals surface area contributed by atoms with Gasteiger partial charge in [0, 0.05) is 18.8 Å². The molecule has 130 valence electrons. The molecule has 3 rings (SSSR count). The highest BCUT2D eigenvalue weighted by atomic mass is 19.1. The molecule has 0 bridgehead atoms. The Morgan fingerprint density at radius 3 is 2.72 bits per heavy atom. The highest BCUT2D eigenvalue weighted by Crippen LogP contribution is 2.29. The van der Waals surface area contributed by atoms with Crippen LogP contribution in [0.15, 0.2) is 36.7 Å². The van der Waals surface area contributed by atoms with E-state index in [9.17, 15) is 9.18 Å². The topological polar surface area (TPSA) is 59.3 Å². The summed E-state index contributed by atoms with van der Waals surface area (Å²) in [6, 6.07) is 6.68. The van der Waals surface area contributed by atoms with Gasteiger partial charge in [0.05, 0.1) is 5.69 Å². The van der Waals surface area contributed by atoms with Crippen LogP contribution < -0.4 is 5.32 Å². The maximum atomic E-state index is 13.7. The Morgan fingerprint density at radius 1 is 1.28 bits per heavy atom. The van der Waals surface area contributed by atoms with Gasteiger partial charge in [-0.3, -0.25) is 14.2 Å². The van der Waals surface area contributed by atoms with Crippen LogP contribution in [0.5, 0.6) is 0 Å². The lowest BCUT2D eigenvalue weighted by Gasteiger charge is -2.17. The zero-order valence-corrected chi connectivity index (χ0v) is 14.8. The molecule has 3 aromatic heterocycles. The number of anilines is 1. The second-order valence-electron chi connectivity index (χ2n) is 7.39. The molecule has 0 fully saturated rings. The van der Waals surface area contributed by atoms with Gasteiger partial charge in [0.25, 0.3) is 0 Å². The zero-order valence-electron chi connectivity index (χ0n) is 14.8. The van der Waals surface area contributed by atoms with Crippen molar-refractivity contribution in [1.29, 1.82) is 0 Å². The summed E-state index contributed by atoms with van der Waals surface area (Å²) in [6.07, 6.45) is 3.39. The first-order chi connectivity index (χ1) is 11.7. The van der Waals surface area contributed by atoms with E-state index in [0.29, 0.717) is 29.3 Å². The predicted octanol–water partition coefficient (Wildman–Crippen LogP) is 4.22. The van der Waals surface area contributed by atoms with Crippen LogP contribution in [0.1, 0.15) is 32.8 Å². The van der Waals surface area contributed by atoms with Crippen molar-refractivity contribution >= 4 is 17.4 Å². The average Bonchev–Trinajstić information content (AvgIpc) is 2.82. The van der Waals surface area contributed by atoms with E-state index in [0.717, 1.165) is 5.56 Å². The molecule has 1 N–H and O–H groups in total. The van der Waals surface area contributed by atoms with Crippen molar-refractivity contribution in [3.05, 3.63) is 48.0 Å². The molecule has 0 saturated carbocycles. The van der Waals surface area contributed by atoms with E-state index < -0.39 is 0 Å². The molecule has 3 aromatic rings. The Kier molecular flexibility index (Phi) is 4.29. The van der Waals surface area contributed by atoms with Gasteiger partial charge in [-0.25, -0.2) is 9.37 Å². The van der Waals surface area contributed by atoms with E-state index in [-0.39, 0.29) is 17.1 Å². The molecule has 5 nitrogen and oxygen atoms in total. The summed E-state index contributed by atoms with van der Waals surface area (Å²) < 4.78 is 15.4. The number of pyridine rings is 2. The molecule has 0 aliphatic carbocycles. The van der Waals surface area contributed by atoms with Crippen LogP contribution in [0.25, 0.3) is 17.0 Å². The number of carbonyl (C=O) groups excluding carboxylic acids is 1. The van der Waals surface area contributed by atoms with E-state index in [1.165, 1.54) is 12.3 Å². The Hall–Kier alpha value is -2.76. The molecule has 0 aromatic carbocycles. The molecule has 3 heterocycles. The van der Waals surface area contributed by atoms with E-state index in [4.69, 9.17) is 0 Å². The number of aromatic nitrogens is 3. The van der Waals surface area contributed by atoms with Gasteiger partial charge in [-0.2, -0.15) is 0 Å². The van der Waals surface area contributed by atoms with Crippen LogP contribution in [-0.2, 0) is 4.79 Å². The van der Waals surface area contributed by atoms with Gasteiger partial charge in [0.2, 0.25) is 5.91 Å². The van der Waals surface area contributed by atoms with Gasteiger partial charge in [-0.1, -0.05) is 20.8 Å². The third-order valence-corrected chi connectivity index (χ3v) is 3.69. The maximum Gasteiger partial charge on any atom is 0.226 e. The lowest BCUT2D eigenvalue weighted by atomic mass is 9.92. The zero-order chi connectivity index (χ0) is 18.2. The molecular formula is C19H21FN4O. The van der Waals surface area contributed by atoms with E-state index in [1.54, 1.807) is 16.7 Å². The van der Waals surface area contributed by atoms with Crippen molar-refractivity contribution in [3.63, 3.8) is 0 Å². The third kappa shape index (κ3) is 3.84. The monoisotopic (exact) mass is 340 g/mol. The normalized spacial score (nSPS) is 11.7. The highest BCUT2D eigenvalue weighted by molar-refractivity contribution is 5.94. The van der Waals surface area contributed by atoms with Crippen LogP contribution >= 0.6 is 0 Å². The van der Waals surface area contributed by atoms with Gasteiger partial charge in [0.15, 0.2) is 5.82 Å². The minimum absolute atomic E-state index is 0.134. The second kappa shape index (κ2) is 6.27. The van der Waals surface area contributed by atoms with Crippen molar-refractivity contribution < 1.29 is 9.18 Å². The van der Waals surface area contributed by atoms with Crippen molar-refractivity contribution in [2.24, 2.45) is 5.41 Å². The Labute approximate surface area is 145 Å². The molecule has 0 atom stereocenters. The van der Waals surface area contributed by atoms with Crippen LogP contribution in [-0.4, -0.2) is 20.3 Å². The number of imidazole rings is 1. The van der Waals surface area contributed by atoms with Crippen molar-refractivity contribution in [2.75, 3.05) is 5.32 Å². The first-order valence-corrected chi connectivity index (χ1v) is 8.13. The summed E-state index contributed by atoms with van der Waals surface area (Å²) in [5, 5.41) is 2.86. The number of fused-ring (bicyclic) bond motifs is 1. The fourth-order valence-electron chi connectivity index (χ4n) is 2.67. The molecule has 25 heavy (non-hydrogen) atoms. The number of nitrogens with zero attached hydrogens (tertiary/aromatic N) is 3. The molecule has 0 unspecified atom stereocenters. The number of hydrogen-bond acceptors (Lipinski definition) is 3. The summed E-state index contributed by atoms with van der Waals surface area (Å²) >= 11 is 0. The summed E-state index contributed by atoms with van der Waals surface area (Å²) in [6.45, 7) is 7.94. The molecule has 0 saturated heterocycles. The molecular weight excluding hydrogens is 319 g/mol. The van der Waals surface area contributed by atoms with Crippen molar-refractivity contribution in [2.45, 2.75) is 34.1 Å². The Balaban J connectivity index is 2.11. The van der Waals surface area contributed by atoms with Crippen LogP contribution in [0.2, 0.25) is 0 Å². The summed E-state index contributed by atoms with van der Waals surface area (Å²) in [4.78, 5) is 21.2. The number of carbonyl (C=O) groups is 1. The maximum absolute atomic E-state index is 13.7. The van der Waals surface area contributed by atoms with Gasteiger partial charge < -0.3 is 5.32 Å². The van der Waals surface area contributed by atoms with Gasteiger partial charge >= 0.3 is 0 Å². The number of aryl methyl sites for hydroxylation is 1. The number of nitrogens with one attached hydrogen (secondary N) is 1. The van der Waals surface area contributed by atoms with E-state index >= 15 is 0 Å². The molecule has 0 aliphatic rings. The standard InChI is InChI=1S/C19H21FN4O/c1-12-7-8-21-14(9-12)17-18(23-16(25)10-19(2,3)4)22-15-6-5-13(20)11-24(15)17/h5-9,11H,10H2,1-4H3,(H,23,25). The van der Waals surface area contributed by atoms with Crippen LogP contribution in [0.4, 0.5) is 10.2 Å². The minimum atomic E-state index is -0.383. The minimum Gasteiger partial charge on any atom is -0.309 e. The fraction of sp³-hybridized carbons (Fsp3) is 0.316. The van der Waals surface area contributed by atoms with Crippen molar-refractivity contribution in [1.82, 2.24) is 14.4 Å². The number of rotatable bonds is 3. The largest absolute Gasteiger partial charge is 0.309 e. The predicted molar refractivity (Wildman–Crippen MR) is 95.8 cm³/mol. The van der Waals surface area contributed by atoms with E-state index in [1.807, 2.05) is 39.8 Å². The van der Waals surface area contributed by atoms with Crippen molar-refractivity contribution in [3.8, 4) is 11.4 Å². The first kappa shape index (κ1) is 17.1. The molecule has 1 amide bonds. The van der Waals surface area contributed by atoms with Gasteiger partial charge in [-0.05, 0) is 42.2 Å². The average molecular weight is 340 g/mol. The summed E-state index contributed by atoms with van der Waals surface area (Å²) in [5.41, 5.74) is 2.62. The molecule has 0 spiro atoms. The second-order valence-corrected chi connectivity index (χ2v) is 7.39. The molecule has 0 aliphatic heterocycles. The molecule has 6 heteroatoms. The molecule has 0 radical (unpaired) electrons. The highest BCUT2D eigenvalue weighted by Gasteiger charge is 2.21. The lowest BCUT2D eigenvalue weighted by molar-refractivity contribution is -0.117. The smallest absolute Gasteiger partial charge is 0.226 e. The number of halogens is 1. The third-order valence-electron chi connectivity index (χ3n) is 3.69. The van der Waals surface area contributed by atoms with Crippen LogP contribution in [0, 0.1) is 18.2 Å². The lowest BCUT2D eigenvalue weighted by Crippen LogP contribution is -2.20. The number of hydrogen-bond donors (Lipinski definition) is 1. The van der Waals surface area contributed by atoms with E-state index in [2.05, 4.69) is 15.3 Å². The van der Waals surface area contributed by atoms with Gasteiger partial charge in [0.1, 0.15) is 17.2 Å². The Bertz CT molecular complexity index is 940. The summed E-state index contributed by atoms with van der Waals surface area (Å²) in [5.74, 6) is -0.130. The summed E-state index contributed by atoms with van der Waals surface area (Å²) in [7, 11) is 0. The fourth-order valence-corrected chi connectivity index (χ4v) is 2.67. The quantitative estimate of drug-likeness (QED) is 0.776. The SMILES string of the molecule is Cc1ccnc(-c2c(NC(=O)CC(C)(C)C)nc3ccc(F)cn23)c1. The Morgan fingerprint density at radius 2 is 2.04 bits per heavy atom. The van der Waals surface area contributed by atoms with Gasteiger partial charge in [-0.15, -0.1) is 0 Å². The van der Waals surface area contributed by atoms with Crippen LogP contribution in [0.3, 0.4) is 0 Å².